The molecule has 2 aromatic carbocycles. The minimum atomic E-state index is -1.21. The van der Waals surface area contributed by atoms with Gasteiger partial charge in [-0.3, -0.25) is 9.59 Å². The predicted molar refractivity (Wildman–Crippen MR) is 334 cm³/mol. The van der Waals surface area contributed by atoms with Crippen LogP contribution in [0.1, 0.15) is 203 Å². The number of piperidine rings is 2. The normalized spacial score (nSPS) is 37.9. The van der Waals surface area contributed by atoms with E-state index in [1.165, 1.54) is 12.5 Å². The summed E-state index contributed by atoms with van der Waals surface area (Å²) in [5.41, 5.74) is -0.342. The highest BCUT2D eigenvalue weighted by Crippen LogP contribution is 2.65. The number of ether oxygens (including phenoxy) is 3. The third-order valence-electron chi connectivity index (χ3n) is 23.4. The van der Waals surface area contributed by atoms with Gasteiger partial charge in [-0.05, 0) is 194 Å². The molecule has 4 heterocycles. The van der Waals surface area contributed by atoms with Crippen LogP contribution in [0.3, 0.4) is 0 Å². The van der Waals surface area contributed by atoms with E-state index in [1.54, 1.807) is 39.8 Å². The summed E-state index contributed by atoms with van der Waals surface area (Å²) in [6.07, 6.45) is 13.3. The largest absolute Gasteiger partial charge is 0.508 e. The first-order valence-electron chi connectivity index (χ1n) is 33.2. The molecule has 3 saturated carbocycles. The van der Waals surface area contributed by atoms with Gasteiger partial charge in [0.1, 0.15) is 23.5 Å². The fourth-order valence-electron chi connectivity index (χ4n) is 19.1. The van der Waals surface area contributed by atoms with Crippen molar-refractivity contribution in [2.75, 3.05) is 51.0 Å². The molecule has 9 N–H and O–H groups in total. The first-order valence-corrected chi connectivity index (χ1v) is 35.6. The average molecular weight is 1230 g/mol. The number of phenolic OH excluding ortho intramolecular Hbond substituents is 2. The molecule has 16 unspecified atom stereocenters. The summed E-state index contributed by atoms with van der Waals surface area (Å²) in [7, 11) is 3.26. The van der Waals surface area contributed by atoms with Crippen LogP contribution in [0.2, 0.25) is 0 Å². The van der Waals surface area contributed by atoms with Gasteiger partial charge in [-0.25, -0.2) is 4.79 Å². The second-order valence-corrected chi connectivity index (χ2v) is 31.5. The maximum Gasteiger partial charge on any atom is 0.332 e. The maximum absolute atomic E-state index is 15.9. The number of phenols is 2. The quantitative estimate of drug-likeness (QED) is 0.0546. The van der Waals surface area contributed by atoms with E-state index in [9.17, 15) is 40.2 Å². The standard InChI is InChI=1S/C69H99N3O12S2/c1-43(75)83-58-35-59(84-64(80)69-27-5-4-12-48(69)15-22-60(79)72-69)68(29-31-70-32-30-68)62-45(34-53-54(67(41-74)25-6-7-26-67)39-82-63-57(78)21-19-52(62)61(53)63)10-8-11-46-37-66(3,81)42-86-85-40-55(56(77)20-18-51(46)58)71-38-47-36-65(2,24-9-33-73)28-23-50(47)44-13-16-49(76)17-14-44/h13-14,16-17,19,21,45-48,50-51,53-56,58-59,62,70-71,73-74,76-78,81H,4-7,9,11-12,15,18,20,22-42H2,1-3H3,(H,72,79). The molecule has 0 aromatic heterocycles. The first kappa shape index (κ1) is 63.8. The topological polar surface area (TPSA) is 236 Å². The van der Waals surface area contributed by atoms with Crippen LogP contribution >= 0.6 is 21.6 Å². The Balaban J connectivity index is 0.999. The van der Waals surface area contributed by atoms with Gasteiger partial charge >= 0.3 is 11.9 Å². The van der Waals surface area contributed by atoms with E-state index in [1.807, 2.05) is 19.1 Å². The SMILES string of the molecule is CC(=O)OC1CC(OC(=O)C23CCCCC2CCC(=O)N3)C2(CCNCC2)C2c3ccc(O)c4c3C(CC2C#CCC2CC(C)(O)CSSCC(NCC3CC(C)(CCCO)CCC3c3ccc(O)cc3)C(O)CCC21)C(C1(CO)CCCC1)CO4. The zero-order valence-corrected chi connectivity index (χ0v) is 53.0. The highest BCUT2D eigenvalue weighted by Gasteiger charge is 2.61. The molecule has 9 aliphatic rings. The van der Waals surface area contributed by atoms with Crippen LogP contribution in [0.15, 0.2) is 36.4 Å². The van der Waals surface area contributed by atoms with Gasteiger partial charge in [0.05, 0.1) is 18.3 Å². The van der Waals surface area contributed by atoms with Crippen molar-refractivity contribution < 1.29 is 59.2 Å². The second-order valence-electron chi connectivity index (χ2n) is 28.9. The molecule has 6 fully saturated rings. The van der Waals surface area contributed by atoms with E-state index in [0.29, 0.717) is 108 Å². The third kappa shape index (κ3) is 13.2. The van der Waals surface area contributed by atoms with E-state index < -0.39 is 52.7 Å². The van der Waals surface area contributed by atoms with Crippen LogP contribution in [0, 0.1) is 63.6 Å². The van der Waals surface area contributed by atoms with Crippen LogP contribution in [-0.4, -0.2) is 135 Å². The number of benzene rings is 2. The van der Waals surface area contributed by atoms with E-state index in [2.05, 4.69) is 40.8 Å². The number of fused-ring (bicyclic) bond motifs is 5. The number of aromatic hydroxyl groups is 2. The van der Waals surface area contributed by atoms with Crippen molar-refractivity contribution >= 4 is 39.4 Å². The Morgan fingerprint density at radius 3 is 2.41 bits per heavy atom. The van der Waals surface area contributed by atoms with Gasteiger partial charge in [0.15, 0.2) is 11.5 Å². The van der Waals surface area contributed by atoms with Crippen molar-refractivity contribution in [1.82, 2.24) is 16.0 Å². The lowest BCUT2D eigenvalue weighted by atomic mass is 9.51. The second kappa shape index (κ2) is 27.0. The van der Waals surface area contributed by atoms with Crippen LogP contribution in [0.25, 0.3) is 0 Å². The van der Waals surface area contributed by atoms with Gasteiger partial charge in [-0.15, -0.1) is 5.92 Å². The Labute approximate surface area is 518 Å². The van der Waals surface area contributed by atoms with Gasteiger partial charge < -0.3 is 60.8 Å². The van der Waals surface area contributed by atoms with Gasteiger partial charge in [-0.2, -0.15) is 0 Å². The van der Waals surface area contributed by atoms with Crippen molar-refractivity contribution in [3.05, 3.63) is 53.1 Å². The molecular weight excluding hydrogens is 1130 g/mol. The lowest BCUT2D eigenvalue weighted by Crippen LogP contribution is -2.65. The van der Waals surface area contributed by atoms with Crippen molar-refractivity contribution in [2.45, 2.75) is 222 Å². The molecule has 2 aromatic rings. The monoisotopic (exact) mass is 1230 g/mol. The summed E-state index contributed by atoms with van der Waals surface area (Å²) in [4.78, 5) is 43.5. The average Bonchev–Trinajstić information content (AvgIpc) is 0.897. The Kier molecular flexibility index (Phi) is 20.0. The smallest absolute Gasteiger partial charge is 0.332 e. The summed E-state index contributed by atoms with van der Waals surface area (Å²) in [6.45, 7) is 8.13. The Morgan fingerprint density at radius 2 is 1.65 bits per heavy atom. The third-order valence-corrected chi connectivity index (χ3v) is 26.1. The van der Waals surface area contributed by atoms with Crippen molar-refractivity contribution in [2.24, 2.45) is 51.8 Å². The number of aliphatic hydroxyl groups excluding tert-OH is 3. The number of aliphatic hydroxyl groups is 4. The summed E-state index contributed by atoms with van der Waals surface area (Å²) < 4.78 is 20.9. The van der Waals surface area contributed by atoms with Crippen molar-refractivity contribution in [1.29, 1.82) is 0 Å². The van der Waals surface area contributed by atoms with E-state index in [-0.39, 0.29) is 101 Å². The van der Waals surface area contributed by atoms with E-state index >= 15 is 4.79 Å². The summed E-state index contributed by atoms with van der Waals surface area (Å²) >= 11 is 0. The van der Waals surface area contributed by atoms with Crippen LogP contribution < -0.4 is 20.7 Å². The molecule has 5 aliphatic carbocycles. The van der Waals surface area contributed by atoms with Gasteiger partial charge in [-0.1, -0.05) is 78.3 Å². The number of hydrogen-bond donors (Lipinski definition) is 9. The van der Waals surface area contributed by atoms with Crippen LogP contribution in [-0.2, 0) is 23.9 Å². The Bertz CT molecular complexity index is 2760. The lowest BCUT2D eigenvalue weighted by Gasteiger charge is -2.56. The number of rotatable bonds is 12. The van der Waals surface area contributed by atoms with Gasteiger partial charge in [0.2, 0.25) is 5.91 Å². The molecule has 17 heteroatoms. The molecule has 3 saturated heterocycles. The molecule has 16 atom stereocenters. The highest BCUT2D eigenvalue weighted by molar-refractivity contribution is 8.76. The van der Waals surface area contributed by atoms with E-state index in [0.717, 1.165) is 88.2 Å². The summed E-state index contributed by atoms with van der Waals surface area (Å²) in [6, 6.07) is 11.1. The number of carbonyl (C=O) groups excluding carboxylic acids is 3. The molecule has 0 radical (unpaired) electrons. The summed E-state index contributed by atoms with van der Waals surface area (Å²) in [5, 5.41) is 79.5. The van der Waals surface area contributed by atoms with Gasteiger partial charge in [0, 0.05) is 97.0 Å². The minimum absolute atomic E-state index is 0.0292. The Morgan fingerprint density at radius 1 is 0.872 bits per heavy atom. The fraction of sp³-hybridized carbons (Fsp3) is 0.754. The number of esters is 2. The molecule has 86 heavy (non-hydrogen) atoms. The zero-order valence-electron chi connectivity index (χ0n) is 51.3. The van der Waals surface area contributed by atoms with Crippen molar-refractivity contribution in [3.8, 4) is 29.1 Å². The van der Waals surface area contributed by atoms with E-state index in [4.69, 9.17) is 14.2 Å². The molecular formula is C69H99N3O12S2. The minimum Gasteiger partial charge on any atom is -0.508 e. The fourth-order valence-corrected chi connectivity index (χ4v) is 21.8. The van der Waals surface area contributed by atoms with Crippen LogP contribution in [0.5, 0.6) is 17.2 Å². The number of carbonyl (C=O) groups is 3. The predicted octanol–water partition coefficient (Wildman–Crippen LogP) is 9.93. The summed E-state index contributed by atoms with van der Waals surface area (Å²) in [5.74, 6) is 7.35. The number of nitrogens with one attached hydrogen (secondary N) is 3. The van der Waals surface area contributed by atoms with Crippen LogP contribution in [0.4, 0.5) is 0 Å². The Hall–Kier alpha value is -3.73. The molecule has 11 rings (SSSR count). The zero-order chi connectivity index (χ0) is 60.4. The number of hydrogen-bond acceptors (Lipinski definition) is 16. The first-order chi connectivity index (χ1) is 41.4. The number of amides is 1. The molecule has 1 amide bonds. The molecule has 0 bridgehead atoms. The molecule has 4 aliphatic heterocycles. The highest BCUT2D eigenvalue weighted by atomic mass is 33.1. The molecule has 474 valence electrons. The lowest BCUT2D eigenvalue weighted by molar-refractivity contribution is -0.183. The van der Waals surface area contributed by atoms with Crippen molar-refractivity contribution in [3.63, 3.8) is 0 Å². The maximum atomic E-state index is 15.9. The van der Waals surface area contributed by atoms with Gasteiger partial charge in [0.25, 0.3) is 0 Å². The molecule has 15 nitrogen and oxygen atoms in total. The molecule has 1 spiro atoms.